The van der Waals surface area contributed by atoms with Crippen LogP contribution < -0.4 is 0 Å². The van der Waals surface area contributed by atoms with Gasteiger partial charge in [-0.1, -0.05) is 11.6 Å². The Balaban J connectivity index is 1.34. The lowest BCUT2D eigenvalue weighted by atomic mass is 9.82. The Morgan fingerprint density at radius 1 is 1.08 bits per heavy atom. The zero-order valence-corrected chi connectivity index (χ0v) is 21.0. The summed E-state index contributed by atoms with van der Waals surface area (Å²) >= 11 is 6.04. The van der Waals surface area contributed by atoms with Gasteiger partial charge in [0.25, 0.3) is 0 Å². The maximum Gasteiger partial charge on any atom is 0.182 e. The van der Waals surface area contributed by atoms with E-state index in [0.29, 0.717) is 39.3 Å². The zero-order chi connectivity index (χ0) is 24.6. The van der Waals surface area contributed by atoms with Crippen molar-refractivity contribution in [3.8, 4) is 11.3 Å². The van der Waals surface area contributed by atoms with Crippen LogP contribution in [-0.2, 0) is 10.3 Å². The summed E-state index contributed by atoms with van der Waals surface area (Å²) in [4.78, 5) is 19.3. The molecule has 0 radical (unpaired) electrons. The topological polar surface area (TPSA) is 78.6 Å². The fourth-order valence-corrected chi connectivity index (χ4v) is 5.92. The van der Waals surface area contributed by atoms with Gasteiger partial charge in [-0.25, -0.2) is 24.3 Å². The highest BCUT2D eigenvalue weighted by Crippen LogP contribution is 2.53. The summed E-state index contributed by atoms with van der Waals surface area (Å²) in [5, 5.41) is 4.96. The lowest BCUT2D eigenvalue weighted by molar-refractivity contribution is -0.0903. The van der Waals surface area contributed by atoms with E-state index in [1.807, 2.05) is 20.0 Å². The Bertz CT molecular complexity index is 1520. The molecule has 5 heterocycles. The fraction of sp³-hybridized carbons (Fsp3) is 0.444. The number of aryl methyl sites for hydroxylation is 2. The van der Waals surface area contributed by atoms with Crippen molar-refractivity contribution in [3.63, 3.8) is 0 Å². The third kappa shape index (κ3) is 3.61. The molecule has 3 aromatic heterocycles. The van der Waals surface area contributed by atoms with Crippen LogP contribution in [0.3, 0.4) is 0 Å². The Kier molecular flexibility index (Phi) is 4.95. The van der Waals surface area contributed by atoms with Crippen LogP contribution in [0.4, 0.5) is 4.39 Å². The third-order valence-corrected chi connectivity index (χ3v) is 8.18. The predicted octanol–water partition coefficient (Wildman–Crippen LogP) is 5.98. The molecule has 1 aliphatic carbocycles. The molecule has 3 atom stereocenters. The van der Waals surface area contributed by atoms with E-state index in [1.54, 1.807) is 12.1 Å². The van der Waals surface area contributed by atoms with Crippen LogP contribution in [0.2, 0.25) is 5.02 Å². The minimum atomic E-state index is -0.440. The predicted molar refractivity (Wildman–Crippen MR) is 133 cm³/mol. The first-order valence-electron chi connectivity index (χ1n) is 12.6. The van der Waals surface area contributed by atoms with Crippen molar-refractivity contribution in [1.29, 1.82) is 0 Å². The molecule has 36 heavy (non-hydrogen) atoms. The number of benzene rings is 1. The molecule has 7 rings (SSSR count). The molecule has 1 saturated carbocycles. The van der Waals surface area contributed by atoms with E-state index < -0.39 is 5.82 Å². The van der Waals surface area contributed by atoms with Gasteiger partial charge in [0.2, 0.25) is 0 Å². The number of hydrogen-bond acceptors (Lipinski definition) is 6. The number of aromatic nitrogens is 6. The number of hydrogen-bond donors (Lipinski definition) is 0. The molecule has 4 aromatic rings. The molecule has 9 heteroatoms. The van der Waals surface area contributed by atoms with Crippen LogP contribution >= 0.6 is 11.6 Å². The Labute approximate surface area is 213 Å². The van der Waals surface area contributed by atoms with E-state index in [-0.39, 0.29) is 17.6 Å². The van der Waals surface area contributed by atoms with Crippen LogP contribution in [0.25, 0.3) is 22.4 Å². The molecular formula is C27H26ClFN6O. The highest BCUT2D eigenvalue weighted by molar-refractivity contribution is 6.30. The molecular weight excluding hydrogens is 479 g/mol. The first-order chi connectivity index (χ1) is 17.4. The van der Waals surface area contributed by atoms with Crippen molar-refractivity contribution in [2.45, 2.75) is 76.0 Å². The van der Waals surface area contributed by atoms with Gasteiger partial charge >= 0.3 is 0 Å². The van der Waals surface area contributed by atoms with Crippen LogP contribution in [0, 0.1) is 19.7 Å². The van der Waals surface area contributed by atoms with E-state index >= 15 is 4.39 Å². The molecule has 3 aliphatic rings. The lowest BCUT2D eigenvalue weighted by Crippen LogP contribution is -2.34. The highest BCUT2D eigenvalue weighted by atomic mass is 35.5. The number of nitrogens with zero attached hydrogens (tertiary/aromatic N) is 6. The summed E-state index contributed by atoms with van der Waals surface area (Å²) in [6.45, 7) is 3.80. The van der Waals surface area contributed by atoms with Crippen molar-refractivity contribution in [2.75, 3.05) is 0 Å². The molecule has 3 fully saturated rings. The molecule has 1 aromatic carbocycles. The Morgan fingerprint density at radius 3 is 2.72 bits per heavy atom. The van der Waals surface area contributed by atoms with Crippen molar-refractivity contribution in [1.82, 2.24) is 29.7 Å². The van der Waals surface area contributed by atoms with E-state index in [4.69, 9.17) is 36.3 Å². The monoisotopic (exact) mass is 504 g/mol. The number of ether oxygens (including phenoxy) is 1. The third-order valence-electron chi connectivity index (χ3n) is 7.95. The van der Waals surface area contributed by atoms with E-state index in [2.05, 4.69) is 16.0 Å². The van der Waals surface area contributed by atoms with Gasteiger partial charge < -0.3 is 4.74 Å². The number of rotatable bonds is 4. The molecule has 0 amide bonds. The van der Waals surface area contributed by atoms with Crippen LogP contribution in [0.15, 0.2) is 30.6 Å². The minimum absolute atomic E-state index is 0.0532. The highest BCUT2D eigenvalue weighted by Gasteiger charge is 2.50. The van der Waals surface area contributed by atoms with Gasteiger partial charge in [0, 0.05) is 28.3 Å². The second kappa shape index (κ2) is 8.02. The van der Waals surface area contributed by atoms with Crippen molar-refractivity contribution >= 4 is 22.8 Å². The first kappa shape index (κ1) is 22.2. The van der Waals surface area contributed by atoms with E-state index in [1.165, 1.54) is 18.9 Å². The van der Waals surface area contributed by atoms with Gasteiger partial charge in [0.05, 0.1) is 35.3 Å². The Hall–Kier alpha value is -2.97. The second-order valence-electron chi connectivity index (χ2n) is 10.5. The van der Waals surface area contributed by atoms with Gasteiger partial charge in [-0.15, -0.1) is 0 Å². The molecule has 0 N–H and O–H groups in total. The van der Waals surface area contributed by atoms with Crippen LogP contribution in [0.1, 0.15) is 73.3 Å². The second-order valence-corrected chi connectivity index (χ2v) is 10.9. The molecule has 0 spiro atoms. The standard InChI is InChI=1S/C27H26ClFN6O/c1-14-15(2)32-26-24(31-14)23(21-6-3-18(28)10-22(21)29)33-25(34-26)16-9-20-7-8-27(11-16,36-20)17-12-30-35(13-17)19-4-5-19/h3,6,10,12-13,16,19-20H,4-5,7-9,11H2,1-2H3. The fourth-order valence-electron chi connectivity index (χ4n) is 5.77. The largest absolute Gasteiger partial charge is 0.367 e. The Morgan fingerprint density at radius 2 is 1.92 bits per heavy atom. The van der Waals surface area contributed by atoms with Crippen LogP contribution in [0.5, 0.6) is 0 Å². The maximum atomic E-state index is 15.1. The van der Waals surface area contributed by atoms with Gasteiger partial charge in [-0.05, 0) is 70.6 Å². The van der Waals surface area contributed by atoms with Gasteiger partial charge in [-0.2, -0.15) is 5.10 Å². The van der Waals surface area contributed by atoms with Crippen molar-refractivity contribution in [2.24, 2.45) is 0 Å². The summed E-state index contributed by atoms with van der Waals surface area (Å²) in [7, 11) is 0. The maximum absolute atomic E-state index is 15.1. The van der Waals surface area contributed by atoms with Gasteiger partial charge in [-0.3, -0.25) is 4.68 Å². The van der Waals surface area contributed by atoms with Crippen molar-refractivity contribution < 1.29 is 9.13 Å². The minimum Gasteiger partial charge on any atom is -0.367 e. The van der Waals surface area contributed by atoms with Crippen LogP contribution in [-0.4, -0.2) is 35.8 Å². The van der Waals surface area contributed by atoms with E-state index in [0.717, 1.165) is 42.6 Å². The summed E-state index contributed by atoms with van der Waals surface area (Å²) in [5.41, 5.74) is 4.10. The zero-order valence-electron chi connectivity index (χ0n) is 20.2. The quantitative estimate of drug-likeness (QED) is 0.340. The molecule has 2 bridgehead atoms. The molecule has 3 unspecified atom stereocenters. The molecule has 2 aliphatic heterocycles. The summed E-state index contributed by atoms with van der Waals surface area (Å²) in [5.74, 6) is 0.278. The molecule has 7 nitrogen and oxygen atoms in total. The SMILES string of the molecule is Cc1nc2nc(C3CC4CCC(c5cnn(C6CC6)c5)(C3)O4)nc(-c3ccc(Cl)cc3F)c2nc1C. The van der Waals surface area contributed by atoms with Gasteiger partial charge in [0.1, 0.15) is 22.9 Å². The molecule has 2 saturated heterocycles. The lowest BCUT2D eigenvalue weighted by Gasteiger charge is -2.37. The summed E-state index contributed by atoms with van der Waals surface area (Å²) in [6.07, 6.45) is 10.2. The normalized spacial score (nSPS) is 25.6. The van der Waals surface area contributed by atoms with E-state index in [9.17, 15) is 0 Å². The number of fused-ring (bicyclic) bond motifs is 3. The summed E-state index contributed by atoms with van der Waals surface area (Å²) in [6, 6.07) is 5.16. The van der Waals surface area contributed by atoms with Gasteiger partial charge in [0.15, 0.2) is 5.65 Å². The molecule has 184 valence electrons. The smallest absolute Gasteiger partial charge is 0.182 e. The average Bonchev–Trinajstić information content (AvgIpc) is 3.49. The average molecular weight is 505 g/mol. The first-order valence-corrected chi connectivity index (χ1v) is 13.0. The summed E-state index contributed by atoms with van der Waals surface area (Å²) < 4.78 is 23.8. The van der Waals surface area contributed by atoms with Crippen molar-refractivity contribution in [3.05, 3.63) is 64.2 Å². The number of halogens is 2.